The monoisotopic (exact) mass is 1080 g/mol. The van der Waals surface area contributed by atoms with Crippen LogP contribution < -0.4 is 0 Å². The summed E-state index contributed by atoms with van der Waals surface area (Å²) in [6, 6.07) is 28.0. The molecule has 0 bridgehead atoms. The molecule has 0 aliphatic carbocycles. The molecule has 72 heavy (non-hydrogen) atoms. The summed E-state index contributed by atoms with van der Waals surface area (Å²) in [5.74, 6) is 7.28. The van der Waals surface area contributed by atoms with Gasteiger partial charge in [0.2, 0.25) is 0 Å². The summed E-state index contributed by atoms with van der Waals surface area (Å²) < 4.78 is 0. The van der Waals surface area contributed by atoms with Crippen LogP contribution in [0.5, 0.6) is 0 Å². The second-order valence-corrected chi connectivity index (χ2v) is 26.2. The van der Waals surface area contributed by atoms with Gasteiger partial charge in [0, 0.05) is 29.4 Å². The van der Waals surface area contributed by atoms with Crippen molar-refractivity contribution >= 4 is 107 Å². The topological polar surface area (TPSA) is 0 Å². The summed E-state index contributed by atoms with van der Waals surface area (Å²) in [4.78, 5) is 9.07. The van der Waals surface area contributed by atoms with Gasteiger partial charge in [0.05, 0.1) is 0 Å². The Labute approximate surface area is 469 Å². The van der Waals surface area contributed by atoms with E-state index in [1.54, 1.807) is 9.79 Å². The Morgan fingerprint density at radius 3 is 0.639 bits per heavy atom. The lowest BCUT2D eigenvalue weighted by Gasteiger charge is -2.16. The van der Waals surface area contributed by atoms with Crippen LogP contribution in [0.25, 0.3) is 36.5 Å². The molecule has 396 valence electrons. The van der Waals surface area contributed by atoms with Gasteiger partial charge in [0.1, 0.15) is 0 Å². The van der Waals surface area contributed by atoms with Gasteiger partial charge in [0.25, 0.3) is 0 Å². The first kappa shape index (κ1) is 62.7. The quantitative estimate of drug-likeness (QED) is 0.0245. The lowest BCUT2D eigenvalue weighted by molar-refractivity contribution is 0.705. The standard InChI is InChI=1S/C66H96S6/c1-7-13-19-25-45-67-61-51-59(52-62(68-46-26-20-14-8-2)65(61)71-49-29-23-17-11-5)43-41-57-37-33-55(34-38-57)31-32-56-35-39-58(40-36-56)42-44-60-53-63(69-47-27-21-15-9-3)66(72-50-30-24-18-12-6)64(54-60)70-48-28-22-16-10-4/h31-44,51-54H,7-30,45-50H2,1-6H3/b32-31+,43-41+,44-42+. The fourth-order valence-corrected chi connectivity index (χ4v) is 15.9. The third-order valence-electron chi connectivity index (χ3n) is 12.9. The van der Waals surface area contributed by atoms with Gasteiger partial charge in [-0.1, -0.05) is 242 Å². The molecular weight excluding hydrogens is 985 g/mol. The summed E-state index contributed by atoms with van der Waals surface area (Å²) in [7, 11) is 0. The SMILES string of the molecule is CCCCCCSc1cc(/C=C/c2ccc(/C=C/c3ccc(/C=C/c4cc(SCCCCCC)c(SCCCCCC)c(SCCCCCC)c4)cc3)cc2)cc(SCCCCCC)c1SCCCCCC. The summed E-state index contributed by atoms with van der Waals surface area (Å²) in [5.41, 5.74) is 7.59. The van der Waals surface area contributed by atoms with E-state index in [1.165, 1.54) is 242 Å². The van der Waals surface area contributed by atoms with Crippen molar-refractivity contribution < 1.29 is 0 Å². The van der Waals surface area contributed by atoms with E-state index in [0.29, 0.717) is 0 Å². The Morgan fingerprint density at radius 1 is 0.236 bits per heavy atom. The highest BCUT2D eigenvalue weighted by Crippen LogP contribution is 2.43. The van der Waals surface area contributed by atoms with Crippen molar-refractivity contribution in [3.8, 4) is 0 Å². The second kappa shape index (κ2) is 41.4. The van der Waals surface area contributed by atoms with E-state index in [9.17, 15) is 0 Å². The highest BCUT2D eigenvalue weighted by molar-refractivity contribution is 8.04. The Morgan fingerprint density at radius 2 is 0.431 bits per heavy atom. The number of rotatable bonds is 42. The Balaban J connectivity index is 1.47. The fraction of sp³-hybridized carbons (Fsp3) is 0.545. The Hall–Kier alpha value is -1.80. The average Bonchev–Trinajstić information content (AvgIpc) is 3.40. The van der Waals surface area contributed by atoms with Gasteiger partial charge in [-0.2, -0.15) is 0 Å². The molecule has 0 amide bonds. The van der Waals surface area contributed by atoms with Crippen molar-refractivity contribution in [3.63, 3.8) is 0 Å². The van der Waals surface area contributed by atoms with Gasteiger partial charge in [-0.05, 0) is 131 Å². The van der Waals surface area contributed by atoms with Gasteiger partial charge >= 0.3 is 0 Å². The number of hydrogen-bond acceptors (Lipinski definition) is 6. The van der Waals surface area contributed by atoms with Crippen LogP contribution in [-0.4, -0.2) is 34.5 Å². The molecule has 0 fully saturated rings. The molecule has 4 rings (SSSR count). The molecule has 0 atom stereocenters. The molecule has 0 aliphatic heterocycles. The smallest absolute Gasteiger partial charge is 0.0345 e. The lowest BCUT2D eigenvalue weighted by atomic mass is 10.1. The first-order valence-electron chi connectivity index (χ1n) is 28.9. The van der Waals surface area contributed by atoms with Gasteiger partial charge in [0.15, 0.2) is 0 Å². The van der Waals surface area contributed by atoms with Gasteiger partial charge in [-0.25, -0.2) is 0 Å². The van der Waals surface area contributed by atoms with Gasteiger partial charge in [-0.15, -0.1) is 70.6 Å². The lowest BCUT2D eigenvalue weighted by Crippen LogP contribution is -1.92. The van der Waals surface area contributed by atoms with Crippen LogP contribution in [-0.2, 0) is 0 Å². The number of unbranched alkanes of at least 4 members (excludes halogenated alkanes) is 18. The number of thioether (sulfide) groups is 6. The normalized spacial score (nSPS) is 11.9. The third-order valence-corrected chi connectivity index (χ3v) is 20.3. The summed E-state index contributed by atoms with van der Waals surface area (Å²) in [6.07, 6.45) is 45.5. The highest BCUT2D eigenvalue weighted by Gasteiger charge is 2.15. The Bertz CT molecular complexity index is 1860. The molecule has 0 radical (unpaired) electrons. The van der Waals surface area contributed by atoms with E-state index in [2.05, 4.69) is 221 Å². The van der Waals surface area contributed by atoms with E-state index in [-0.39, 0.29) is 0 Å². The van der Waals surface area contributed by atoms with Crippen LogP contribution >= 0.6 is 70.6 Å². The minimum absolute atomic E-state index is 1.21. The third kappa shape index (κ3) is 26.8. The first-order chi connectivity index (χ1) is 35.5. The van der Waals surface area contributed by atoms with Gasteiger partial charge in [-0.3, -0.25) is 0 Å². The van der Waals surface area contributed by atoms with Crippen LogP contribution in [0, 0.1) is 0 Å². The molecule has 4 aromatic carbocycles. The molecule has 0 saturated carbocycles. The maximum absolute atomic E-state index is 2.49. The zero-order chi connectivity index (χ0) is 51.1. The van der Waals surface area contributed by atoms with Crippen LogP contribution in [0.3, 0.4) is 0 Å². The average molecular weight is 1080 g/mol. The molecule has 0 saturated heterocycles. The zero-order valence-electron chi connectivity index (χ0n) is 46.1. The predicted octanol–water partition coefficient (Wildman–Crippen LogP) is 24.2. The largest absolute Gasteiger partial charge is 0.125 e. The van der Waals surface area contributed by atoms with Crippen molar-refractivity contribution in [2.45, 2.75) is 225 Å². The van der Waals surface area contributed by atoms with Gasteiger partial charge < -0.3 is 0 Å². The maximum Gasteiger partial charge on any atom is 0.0345 e. The summed E-state index contributed by atoms with van der Waals surface area (Å²) in [6.45, 7) is 13.9. The minimum atomic E-state index is 1.21. The van der Waals surface area contributed by atoms with Crippen molar-refractivity contribution in [3.05, 3.63) is 106 Å². The first-order valence-corrected chi connectivity index (χ1v) is 34.8. The molecule has 0 heterocycles. The van der Waals surface area contributed by atoms with Crippen molar-refractivity contribution in [2.75, 3.05) is 34.5 Å². The summed E-state index contributed by atoms with van der Waals surface area (Å²) >= 11 is 12.7. The van der Waals surface area contributed by atoms with E-state index in [1.807, 2.05) is 0 Å². The fourth-order valence-electron chi connectivity index (χ4n) is 8.36. The van der Waals surface area contributed by atoms with Crippen LogP contribution in [0.4, 0.5) is 0 Å². The molecule has 4 aromatic rings. The van der Waals surface area contributed by atoms with E-state index < -0.39 is 0 Å². The molecular formula is C66H96S6. The molecule has 0 unspecified atom stereocenters. The molecule has 0 aliphatic rings. The van der Waals surface area contributed by atoms with E-state index >= 15 is 0 Å². The van der Waals surface area contributed by atoms with Crippen LogP contribution in [0.2, 0.25) is 0 Å². The van der Waals surface area contributed by atoms with Crippen molar-refractivity contribution in [1.29, 1.82) is 0 Å². The van der Waals surface area contributed by atoms with E-state index in [0.717, 1.165) is 0 Å². The van der Waals surface area contributed by atoms with Crippen LogP contribution in [0.15, 0.2) is 102 Å². The molecule has 0 spiro atoms. The molecule has 6 heteroatoms. The molecule has 0 aromatic heterocycles. The second-order valence-electron chi connectivity index (χ2n) is 19.5. The Kier molecular flexibility index (Phi) is 36.1. The van der Waals surface area contributed by atoms with Crippen molar-refractivity contribution in [1.82, 2.24) is 0 Å². The van der Waals surface area contributed by atoms with E-state index in [4.69, 9.17) is 0 Å². The highest BCUT2D eigenvalue weighted by atomic mass is 32.2. The maximum atomic E-state index is 2.49. The number of hydrogen-bond donors (Lipinski definition) is 0. The molecule has 0 N–H and O–H groups in total. The minimum Gasteiger partial charge on any atom is -0.125 e. The van der Waals surface area contributed by atoms with Crippen molar-refractivity contribution in [2.24, 2.45) is 0 Å². The predicted molar refractivity (Wildman–Crippen MR) is 342 cm³/mol. The van der Waals surface area contributed by atoms with Crippen LogP contribution in [0.1, 0.15) is 229 Å². The zero-order valence-corrected chi connectivity index (χ0v) is 51.0. The number of benzene rings is 4. The summed E-state index contributed by atoms with van der Waals surface area (Å²) in [5, 5.41) is 0. The molecule has 0 nitrogen and oxygen atoms in total.